The molecule has 0 radical (unpaired) electrons. The number of nitrogens with zero attached hydrogens (tertiary/aromatic N) is 1. The van der Waals surface area contributed by atoms with Crippen molar-refractivity contribution < 1.29 is 4.79 Å². The molecule has 0 aromatic heterocycles. The van der Waals surface area contributed by atoms with Crippen molar-refractivity contribution in [2.75, 3.05) is 14.1 Å². The van der Waals surface area contributed by atoms with Crippen LogP contribution in [0.5, 0.6) is 0 Å². The highest BCUT2D eigenvalue weighted by Crippen LogP contribution is 2.08. The Hall–Kier alpha value is -0.990. The molecule has 2 N–H and O–H groups in total. The lowest BCUT2D eigenvalue weighted by atomic mass is 10.1. The quantitative estimate of drug-likeness (QED) is 0.502. The Morgan fingerprint density at radius 1 is 1.38 bits per heavy atom. The Bertz CT molecular complexity index is 185. The first-order valence-electron chi connectivity index (χ1n) is 4.74. The monoisotopic (exact) mass is 184 g/mol. The number of amides is 1. The maximum absolute atomic E-state index is 11.0. The molecule has 0 aliphatic rings. The average Bonchev–Trinajstić information content (AvgIpc) is 2.02. The molecule has 0 atom stereocenters. The van der Waals surface area contributed by atoms with Crippen LogP contribution in [0.3, 0.4) is 0 Å². The summed E-state index contributed by atoms with van der Waals surface area (Å²) in [6.45, 7) is 2.14. The minimum absolute atomic E-state index is 0.301. The van der Waals surface area contributed by atoms with E-state index in [1.807, 2.05) is 19.0 Å². The lowest BCUT2D eigenvalue weighted by Gasteiger charge is -2.08. The first-order chi connectivity index (χ1) is 6.07. The summed E-state index contributed by atoms with van der Waals surface area (Å²) in [5.41, 5.74) is 5.95. The summed E-state index contributed by atoms with van der Waals surface area (Å²) in [6.07, 6.45) is 5.95. The number of rotatable bonds is 6. The van der Waals surface area contributed by atoms with Crippen LogP contribution >= 0.6 is 0 Å². The maximum atomic E-state index is 11.0. The summed E-state index contributed by atoms with van der Waals surface area (Å²) in [6, 6.07) is 0. The molecule has 3 heteroatoms. The van der Waals surface area contributed by atoms with E-state index < -0.39 is 0 Å². The molecule has 1 amide bonds. The zero-order valence-corrected chi connectivity index (χ0v) is 8.84. The summed E-state index contributed by atoms with van der Waals surface area (Å²) in [4.78, 5) is 12.8. The number of unbranched alkanes of at least 4 members (excludes halogenated alkanes) is 2. The van der Waals surface area contributed by atoms with Gasteiger partial charge >= 0.3 is 0 Å². The molecule has 0 rings (SSSR count). The predicted octanol–water partition coefficient (Wildman–Crippen LogP) is 1.50. The summed E-state index contributed by atoms with van der Waals surface area (Å²) < 4.78 is 0. The fraction of sp³-hybridized carbons (Fsp3) is 0.700. The molecule has 0 unspecified atom stereocenters. The van der Waals surface area contributed by atoms with Crippen LogP contribution in [0.25, 0.3) is 0 Å². The third kappa shape index (κ3) is 6.20. The van der Waals surface area contributed by atoms with E-state index in [0.29, 0.717) is 0 Å². The number of hydrogen-bond donors (Lipinski definition) is 1. The van der Waals surface area contributed by atoms with Crippen molar-refractivity contribution in [1.29, 1.82) is 0 Å². The fourth-order valence-electron chi connectivity index (χ4n) is 1.13. The van der Waals surface area contributed by atoms with Crippen LogP contribution in [0, 0.1) is 0 Å². The van der Waals surface area contributed by atoms with Gasteiger partial charge in [0, 0.05) is 25.9 Å². The van der Waals surface area contributed by atoms with Crippen LogP contribution in [0.2, 0.25) is 0 Å². The third-order valence-electron chi connectivity index (χ3n) is 1.78. The van der Waals surface area contributed by atoms with Crippen molar-refractivity contribution in [1.82, 2.24) is 4.90 Å². The molecule has 0 spiro atoms. The van der Waals surface area contributed by atoms with Gasteiger partial charge in [0.05, 0.1) is 0 Å². The second-order valence-electron chi connectivity index (χ2n) is 3.44. The minimum atomic E-state index is -0.301. The third-order valence-corrected chi connectivity index (χ3v) is 1.78. The van der Waals surface area contributed by atoms with Gasteiger partial charge in [-0.1, -0.05) is 19.8 Å². The van der Waals surface area contributed by atoms with E-state index in [1.165, 1.54) is 0 Å². The van der Waals surface area contributed by atoms with E-state index >= 15 is 0 Å². The van der Waals surface area contributed by atoms with Crippen molar-refractivity contribution in [3.8, 4) is 0 Å². The van der Waals surface area contributed by atoms with E-state index in [0.717, 1.165) is 31.3 Å². The summed E-state index contributed by atoms with van der Waals surface area (Å²) in [7, 11) is 3.78. The zero-order valence-electron chi connectivity index (χ0n) is 8.84. The number of hydrogen-bond acceptors (Lipinski definition) is 2. The van der Waals surface area contributed by atoms with Gasteiger partial charge in [0.2, 0.25) is 5.91 Å². The number of carbonyl (C=O) groups is 1. The number of nitrogens with two attached hydrogens (primary N) is 1. The Morgan fingerprint density at radius 3 is 2.38 bits per heavy atom. The molecular formula is C10H20N2O. The van der Waals surface area contributed by atoms with E-state index in [1.54, 1.807) is 6.20 Å². The van der Waals surface area contributed by atoms with E-state index in [2.05, 4.69) is 6.92 Å². The molecule has 0 aliphatic carbocycles. The number of primary amides is 1. The zero-order chi connectivity index (χ0) is 10.3. The summed E-state index contributed by atoms with van der Waals surface area (Å²) in [5, 5.41) is 0. The van der Waals surface area contributed by atoms with E-state index in [-0.39, 0.29) is 5.91 Å². The van der Waals surface area contributed by atoms with Gasteiger partial charge in [0.1, 0.15) is 0 Å². The summed E-state index contributed by atoms with van der Waals surface area (Å²) >= 11 is 0. The van der Waals surface area contributed by atoms with Gasteiger partial charge in [-0.3, -0.25) is 4.79 Å². The molecule has 0 aromatic rings. The molecule has 0 bridgehead atoms. The molecule has 0 saturated heterocycles. The van der Waals surface area contributed by atoms with Crippen molar-refractivity contribution >= 4 is 5.91 Å². The standard InChI is InChI=1S/C10H20N2O/c1-4-5-6-7-9(10(11)13)8-12(2)3/h8H,4-7H2,1-3H3,(H2,11,13). The molecule has 0 aliphatic heterocycles. The first kappa shape index (κ1) is 12.0. The molecule has 13 heavy (non-hydrogen) atoms. The van der Waals surface area contributed by atoms with Gasteiger partial charge in [-0.05, 0) is 12.8 Å². The van der Waals surface area contributed by atoms with Gasteiger partial charge in [0.25, 0.3) is 0 Å². The van der Waals surface area contributed by atoms with Crippen molar-refractivity contribution in [2.45, 2.75) is 32.6 Å². The second-order valence-corrected chi connectivity index (χ2v) is 3.44. The van der Waals surface area contributed by atoms with Crippen LogP contribution in [-0.4, -0.2) is 24.9 Å². The minimum Gasteiger partial charge on any atom is -0.383 e. The largest absolute Gasteiger partial charge is 0.383 e. The SMILES string of the molecule is CCCCCC(=CN(C)C)C(N)=O. The van der Waals surface area contributed by atoms with Crippen molar-refractivity contribution in [3.63, 3.8) is 0 Å². The average molecular weight is 184 g/mol. The van der Waals surface area contributed by atoms with Gasteiger partial charge in [-0.15, -0.1) is 0 Å². The van der Waals surface area contributed by atoms with Crippen molar-refractivity contribution in [3.05, 3.63) is 11.8 Å². The highest BCUT2D eigenvalue weighted by Gasteiger charge is 2.04. The van der Waals surface area contributed by atoms with Gasteiger partial charge in [-0.2, -0.15) is 0 Å². The Labute approximate surface area is 80.6 Å². The van der Waals surface area contributed by atoms with Gasteiger partial charge in [0.15, 0.2) is 0 Å². The van der Waals surface area contributed by atoms with Crippen LogP contribution in [-0.2, 0) is 4.79 Å². The van der Waals surface area contributed by atoms with Crippen LogP contribution < -0.4 is 5.73 Å². The smallest absolute Gasteiger partial charge is 0.246 e. The van der Waals surface area contributed by atoms with Gasteiger partial charge in [-0.25, -0.2) is 0 Å². The van der Waals surface area contributed by atoms with E-state index in [4.69, 9.17) is 5.73 Å². The normalized spacial score (nSPS) is 11.5. The number of carbonyl (C=O) groups excluding carboxylic acids is 1. The van der Waals surface area contributed by atoms with Crippen LogP contribution in [0.15, 0.2) is 11.8 Å². The second kappa shape index (κ2) is 6.52. The molecule has 76 valence electrons. The molecule has 0 heterocycles. The Balaban J connectivity index is 4.03. The molecule has 0 fully saturated rings. The lowest BCUT2D eigenvalue weighted by Crippen LogP contribution is -2.17. The van der Waals surface area contributed by atoms with Crippen LogP contribution in [0.1, 0.15) is 32.6 Å². The fourth-order valence-corrected chi connectivity index (χ4v) is 1.13. The highest BCUT2D eigenvalue weighted by atomic mass is 16.1. The lowest BCUT2D eigenvalue weighted by molar-refractivity contribution is -0.114. The maximum Gasteiger partial charge on any atom is 0.246 e. The molecule has 0 aromatic carbocycles. The predicted molar refractivity (Wildman–Crippen MR) is 55.1 cm³/mol. The molecule has 3 nitrogen and oxygen atoms in total. The first-order valence-corrected chi connectivity index (χ1v) is 4.74. The van der Waals surface area contributed by atoms with Crippen LogP contribution in [0.4, 0.5) is 0 Å². The highest BCUT2D eigenvalue weighted by molar-refractivity contribution is 5.91. The molecule has 0 saturated carbocycles. The molecular weight excluding hydrogens is 164 g/mol. The summed E-state index contributed by atoms with van der Waals surface area (Å²) in [5.74, 6) is -0.301. The van der Waals surface area contributed by atoms with Gasteiger partial charge < -0.3 is 10.6 Å². The topological polar surface area (TPSA) is 46.3 Å². The van der Waals surface area contributed by atoms with E-state index in [9.17, 15) is 4.79 Å². The Morgan fingerprint density at radius 2 is 2.00 bits per heavy atom. The van der Waals surface area contributed by atoms with Crippen molar-refractivity contribution in [2.24, 2.45) is 5.73 Å². The Kier molecular flexibility index (Phi) is 6.02.